The molecule has 4 bridgehead atoms. The second kappa shape index (κ2) is 10.9. The van der Waals surface area contributed by atoms with Crippen molar-refractivity contribution in [3.63, 3.8) is 0 Å². The number of rotatable bonds is 2. The summed E-state index contributed by atoms with van der Waals surface area (Å²) in [5, 5.41) is 0. The minimum Gasteiger partial charge on any atom is -0.382 e. The molecule has 3 saturated heterocycles. The highest BCUT2D eigenvalue weighted by atomic mass is 32.5. The highest BCUT2D eigenvalue weighted by Gasteiger charge is 2.54. The summed E-state index contributed by atoms with van der Waals surface area (Å²) in [6.45, 7) is -5.94. The number of nitrogens with zero attached hydrogens (tertiary/aromatic N) is 8. The van der Waals surface area contributed by atoms with E-state index in [9.17, 15) is 14.4 Å². The maximum Gasteiger partial charge on any atom is 0.472 e. The zero-order valence-corrected chi connectivity index (χ0v) is 24.5. The van der Waals surface area contributed by atoms with Crippen molar-refractivity contribution < 1.29 is 50.7 Å². The average Bonchev–Trinajstić information content (AvgIpc) is 3.73. The minimum absolute atomic E-state index is 0.0160. The van der Waals surface area contributed by atoms with E-state index in [0.29, 0.717) is 0 Å². The number of phosphoric ester groups is 1. The summed E-state index contributed by atoms with van der Waals surface area (Å²) in [5.74, 6) is 0.0457. The van der Waals surface area contributed by atoms with Crippen LogP contribution in [0.2, 0.25) is 0 Å². The maximum absolute atomic E-state index is 15.8. The van der Waals surface area contributed by atoms with E-state index >= 15 is 8.78 Å². The van der Waals surface area contributed by atoms with Crippen molar-refractivity contribution in [3.05, 3.63) is 25.3 Å². The third kappa shape index (κ3) is 5.14. The number of nitrogens with two attached hydrogens (primary N) is 2. The molecule has 0 spiro atoms. The summed E-state index contributed by atoms with van der Waals surface area (Å²) in [6, 6.07) is 0. The number of nitrogen functional groups attached to an aromatic ring is 2. The predicted molar refractivity (Wildman–Crippen MR) is 145 cm³/mol. The fourth-order valence-corrected chi connectivity index (χ4v) is 7.48. The third-order valence-corrected chi connectivity index (χ3v) is 9.71. The molecule has 0 radical (unpaired) electrons. The van der Waals surface area contributed by atoms with Crippen LogP contribution in [0.25, 0.3) is 22.3 Å². The van der Waals surface area contributed by atoms with E-state index in [4.69, 9.17) is 50.8 Å². The van der Waals surface area contributed by atoms with Crippen LogP contribution in [0.5, 0.6) is 0 Å². The number of aromatic nitrogens is 8. The van der Waals surface area contributed by atoms with Crippen molar-refractivity contribution in [2.45, 2.75) is 49.2 Å². The molecule has 0 aliphatic carbocycles. The Morgan fingerprint density at radius 3 is 1.80 bits per heavy atom. The molecule has 6 N–H and O–H groups in total. The van der Waals surface area contributed by atoms with Crippen LogP contribution in [0.4, 0.5) is 20.4 Å². The van der Waals surface area contributed by atoms with Crippen LogP contribution < -0.4 is 11.5 Å². The molecule has 4 aromatic rings. The number of anilines is 2. The van der Waals surface area contributed by atoms with Crippen LogP contribution >= 0.6 is 14.5 Å². The van der Waals surface area contributed by atoms with E-state index in [1.807, 2.05) is 0 Å². The molecule has 7 heterocycles. The monoisotopic (exact) mass is 678 g/mol. The van der Waals surface area contributed by atoms with Gasteiger partial charge in [0.05, 0.1) is 25.9 Å². The Labute approximate surface area is 249 Å². The summed E-state index contributed by atoms with van der Waals surface area (Å²) >= 11 is 5.13. The molecule has 4 aromatic heterocycles. The van der Waals surface area contributed by atoms with E-state index in [2.05, 4.69) is 29.9 Å². The number of ether oxygens (including phenoxy) is 2. The Morgan fingerprint density at radius 1 is 0.795 bits per heavy atom. The van der Waals surface area contributed by atoms with Crippen molar-refractivity contribution in [3.8, 4) is 0 Å². The molecule has 3 aliphatic rings. The van der Waals surface area contributed by atoms with Gasteiger partial charge in [-0.2, -0.15) is 0 Å². The van der Waals surface area contributed by atoms with E-state index in [1.54, 1.807) is 0 Å². The van der Waals surface area contributed by atoms with Crippen molar-refractivity contribution in [1.29, 1.82) is 0 Å². The summed E-state index contributed by atoms with van der Waals surface area (Å²) < 4.78 is 80.0. The Bertz CT molecular complexity index is 1710. The minimum atomic E-state index is -5.12. The fraction of sp³-hybridized carbons (Fsp3) is 0.500. The highest BCUT2D eigenvalue weighted by molar-refractivity contribution is 8.07. The van der Waals surface area contributed by atoms with Gasteiger partial charge in [-0.15, -0.1) is 0 Å². The van der Waals surface area contributed by atoms with Gasteiger partial charge in [-0.3, -0.25) is 22.7 Å². The number of imidazole rings is 2. The molecule has 236 valence electrons. The summed E-state index contributed by atoms with van der Waals surface area (Å²) in [5.41, 5.74) is 12.2. The normalized spacial score (nSPS) is 38.3. The van der Waals surface area contributed by atoms with Gasteiger partial charge in [0.2, 0.25) is 0 Å². The van der Waals surface area contributed by atoms with Crippen molar-refractivity contribution >= 4 is 60.3 Å². The van der Waals surface area contributed by atoms with Gasteiger partial charge >= 0.3 is 14.5 Å². The quantitative estimate of drug-likeness (QED) is 0.210. The van der Waals surface area contributed by atoms with Crippen LogP contribution in [-0.4, -0.2) is 98.8 Å². The topological polar surface area (TPSA) is 252 Å². The fourth-order valence-electron chi connectivity index (χ4n) is 5.15. The molecule has 0 aromatic carbocycles. The lowest BCUT2D eigenvalue weighted by Crippen LogP contribution is -2.35. The summed E-state index contributed by atoms with van der Waals surface area (Å²) in [4.78, 5) is 45.6. The van der Waals surface area contributed by atoms with Crippen molar-refractivity contribution in [2.24, 2.45) is 0 Å². The molecule has 0 saturated carbocycles. The van der Waals surface area contributed by atoms with Gasteiger partial charge in [0.25, 0.3) is 0 Å². The molecule has 0 amide bonds. The van der Waals surface area contributed by atoms with Gasteiger partial charge in [-0.25, -0.2) is 43.2 Å². The molecular formula is C20H22F2N10O9P2S. The first kappa shape index (κ1) is 29.8. The highest BCUT2D eigenvalue weighted by Crippen LogP contribution is 2.54. The Kier molecular flexibility index (Phi) is 7.37. The predicted octanol–water partition coefficient (Wildman–Crippen LogP) is 0.436. The largest absolute Gasteiger partial charge is 0.472 e. The van der Waals surface area contributed by atoms with Gasteiger partial charge in [0.15, 0.2) is 47.7 Å². The van der Waals surface area contributed by atoms with E-state index in [1.165, 1.54) is 21.8 Å². The zero-order chi connectivity index (χ0) is 31.0. The Balaban J connectivity index is 1.22. The molecule has 2 unspecified atom stereocenters. The molecule has 3 aliphatic heterocycles. The molecule has 10 atom stereocenters. The van der Waals surface area contributed by atoms with Crippen LogP contribution in [-0.2, 0) is 43.9 Å². The first-order valence-corrected chi connectivity index (χ1v) is 16.8. The van der Waals surface area contributed by atoms with Gasteiger partial charge < -0.3 is 35.3 Å². The van der Waals surface area contributed by atoms with Gasteiger partial charge in [-0.1, -0.05) is 0 Å². The van der Waals surface area contributed by atoms with E-state index < -0.39 is 77.0 Å². The van der Waals surface area contributed by atoms with Gasteiger partial charge in [-0.05, 0) is 11.8 Å². The molecule has 3 fully saturated rings. The van der Waals surface area contributed by atoms with Crippen LogP contribution in [0, 0.1) is 0 Å². The SMILES string of the molecule is Nc1ncnc2c1ncn2[C@@H]1O[C@@H]2COP(O)(=S)O[C@@H]3[C@H](F)[C@@H](COP(=O)(O)O[C@@H]1[C@@H]2F)O[C@H]3n1cnc2c(N)ncnc21. The molecular weight excluding hydrogens is 656 g/mol. The number of fused-ring (bicyclic) bond motifs is 6. The first-order valence-electron chi connectivity index (χ1n) is 12.7. The number of phosphoric acid groups is 1. The van der Waals surface area contributed by atoms with Crippen LogP contribution in [0.3, 0.4) is 0 Å². The average molecular weight is 678 g/mol. The van der Waals surface area contributed by atoms with Crippen molar-refractivity contribution in [1.82, 2.24) is 39.0 Å². The Hall–Kier alpha value is -2.88. The second-order valence-electron chi connectivity index (χ2n) is 9.85. The van der Waals surface area contributed by atoms with E-state index in [0.717, 1.165) is 12.7 Å². The second-order valence-corrected chi connectivity index (χ2v) is 14.1. The maximum atomic E-state index is 15.8. The summed E-state index contributed by atoms with van der Waals surface area (Å²) in [6.07, 6.45) is -9.01. The Morgan fingerprint density at radius 2 is 1.27 bits per heavy atom. The van der Waals surface area contributed by atoms with E-state index in [-0.39, 0.29) is 34.0 Å². The third-order valence-electron chi connectivity index (χ3n) is 7.16. The number of hydrogen-bond donors (Lipinski definition) is 4. The van der Waals surface area contributed by atoms with Gasteiger partial charge in [0, 0.05) is 0 Å². The zero-order valence-electron chi connectivity index (χ0n) is 21.9. The smallest absolute Gasteiger partial charge is 0.382 e. The lowest BCUT2D eigenvalue weighted by molar-refractivity contribution is -0.0642. The van der Waals surface area contributed by atoms with Gasteiger partial charge in [0.1, 0.15) is 48.1 Å². The molecule has 7 rings (SSSR count). The van der Waals surface area contributed by atoms with Crippen LogP contribution in [0.15, 0.2) is 25.3 Å². The first-order chi connectivity index (χ1) is 20.9. The lowest BCUT2D eigenvalue weighted by atomic mass is 10.1. The molecule has 19 nitrogen and oxygen atoms in total. The lowest BCUT2D eigenvalue weighted by Gasteiger charge is -2.26. The molecule has 44 heavy (non-hydrogen) atoms. The molecule has 24 heteroatoms. The number of alkyl halides is 2. The van der Waals surface area contributed by atoms with Crippen LogP contribution in [0.1, 0.15) is 12.5 Å². The number of halogens is 2. The number of hydrogen-bond acceptors (Lipinski definition) is 16. The standard InChI is InChI=1S/C20H22F2N10O9P2S/c21-9-8-2-37-43(35,44)41-14-10(22)7(38-20(14)32-6-30-12-16(24)26-4-28-18(12)32)1-36-42(33,34)40-13(9)19(39-8)31-5-29-11-15(23)25-3-27-17(11)31/h3-10,13-14,19-20H,1-2H2,(H,33,34)(H,35,44)(H2,23,25,27)(H2,24,26,28)/t7-,8-,9-,10-,13-,14-,19-,20-,43?/m1/s1. The van der Waals surface area contributed by atoms with Crippen molar-refractivity contribution in [2.75, 3.05) is 24.7 Å². The summed E-state index contributed by atoms with van der Waals surface area (Å²) in [7, 11) is -5.12.